The summed E-state index contributed by atoms with van der Waals surface area (Å²) >= 11 is 0. The minimum Gasteiger partial charge on any atom is -0.378 e. The van der Waals surface area contributed by atoms with Gasteiger partial charge in [-0.2, -0.15) is 0 Å². The van der Waals surface area contributed by atoms with Crippen molar-refractivity contribution in [3.8, 4) is 11.1 Å². The highest BCUT2D eigenvalue weighted by Gasteiger charge is 2.23. The maximum Gasteiger partial charge on any atom is 0.276 e. The van der Waals surface area contributed by atoms with Crippen LogP contribution in [0, 0.1) is 6.92 Å². The monoisotopic (exact) mass is 522 g/mol. The van der Waals surface area contributed by atoms with E-state index in [0.29, 0.717) is 18.9 Å². The van der Waals surface area contributed by atoms with E-state index >= 15 is 0 Å². The molecule has 0 aliphatic carbocycles. The van der Waals surface area contributed by atoms with Gasteiger partial charge in [-0.1, -0.05) is 9.24 Å². The third-order valence-corrected chi connectivity index (χ3v) is 7.55. The van der Waals surface area contributed by atoms with E-state index in [2.05, 4.69) is 89.1 Å². The molecule has 10 heteroatoms. The smallest absolute Gasteiger partial charge is 0.276 e. The van der Waals surface area contributed by atoms with Gasteiger partial charge < -0.3 is 23.9 Å². The van der Waals surface area contributed by atoms with Crippen LogP contribution in [0.25, 0.3) is 16.8 Å². The minimum absolute atomic E-state index is 0.171. The number of ether oxygens (including phenoxy) is 1. The Kier molecular flexibility index (Phi) is 6.63. The highest BCUT2D eigenvalue weighted by molar-refractivity contribution is 7.28. The summed E-state index contributed by atoms with van der Waals surface area (Å²) in [7, 11) is 5.39. The van der Waals surface area contributed by atoms with E-state index in [1.807, 2.05) is 23.0 Å². The van der Waals surface area contributed by atoms with E-state index in [-0.39, 0.29) is 11.4 Å². The Morgan fingerprint density at radius 1 is 1.11 bits per heavy atom. The van der Waals surface area contributed by atoms with E-state index in [1.165, 1.54) is 0 Å². The SMILES string of the molecule is Cc1cc(P)c(NC(=O)c2ncn(C(C)(C)C)c2P)cc1-c1cc(N2CCOCC2)c2nccn2c1. The molecular formula is C26H32N6O2P2. The predicted molar refractivity (Wildman–Crippen MR) is 152 cm³/mol. The number of aromatic nitrogens is 4. The zero-order valence-corrected chi connectivity index (χ0v) is 23.4. The van der Waals surface area contributed by atoms with Crippen LogP contribution in [0.5, 0.6) is 0 Å². The first-order valence-electron chi connectivity index (χ1n) is 12.0. The van der Waals surface area contributed by atoms with Gasteiger partial charge >= 0.3 is 0 Å². The molecule has 4 heterocycles. The Morgan fingerprint density at radius 3 is 2.56 bits per heavy atom. The van der Waals surface area contributed by atoms with E-state index in [9.17, 15) is 4.79 Å². The standard InChI is InChI=1S/C26H32N6O2P2/c1-16-11-21(35)19(29-24(33)22-25(36)32(15-28-22)26(2,3)4)13-18(16)17-12-20(30-7-9-34-10-8-30)23-27-5-6-31(23)14-17/h5-6,11-15H,7-10,35-36H2,1-4H3,(H,29,33). The van der Waals surface area contributed by atoms with Crippen molar-refractivity contribution in [2.75, 3.05) is 36.5 Å². The van der Waals surface area contributed by atoms with Crippen LogP contribution in [0.4, 0.5) is 11.4 Å². The van der Waals surface area contributed by atoms with Crippen molar-refractivity contribution in [3.05, 3.63) is 54.4 Å². The van der Waals surface area contributed by atoms with Crippen LogP contribution in [-0.2, 0) is 10.3 Å². The molecule has 1 aliphatic rings. The van der Waals surface area contributed by atoms with Crippen molar-refractivity contribution in [2.24, 2.45) is 0 Å². The van der Waals surface area contributed by atoms with E-state index in [4.69, 9.17) is 4.74 Å². The van der Waals surface area contributed by atoms with Gasteiger partial charge in [-0.25, -0.2) is 9.97 Å². The first kappa shape index (κ1) is 24.9. The molecule has 0 saturated carbocycles. The number of morpholine rings is 1. The normalized spacial score (nSPS) is 14.4. The summed E-state index contributed by atoms with van der Waals surface area (Å²) in [4.78, 5) is 24.5. The number of carbonyl (C=O) groups excluding carboxylic acids is 1. The lowest BCUT2D eigenvalue weighted by Crippen LogP contribution is -2.36. The zero-order valence-electron chi connectivity index (χ0n) is 21.1. The average Bonchev–Trinajstić information content (AvgIpc) is 3.47. The van der Waals surface area contributed by atoms with Gasteiger partial charge in [0.05, 0.1) is 30.7 Å². The third-order valence-electron chi connectivity index (χ3n) is 6.52. The number of aryl methyl sites for hydroxylation is 1. The second-order valence-electron chi connectivity index (χ2n) is 10.1. The largest absolute Gasteiger partial charge is 0.378 e. The number of amides is 1. The number of pyridine rings is 1. The Balaban J connectivity index is 1.52. The Morgan fingerprint density at radius 2 is 1.86 bits per heavy atom. The summed E-state index contributed by atoms with van der Waals surface area (Å²) in [6.45, 7) is 11.4. The van der Waals surface area contributed by atoms with Gasteiger partial charge in [-0.05, 0) is 62.3 Å². The number of rotatable bonds is 4. The van der Waals surface area contributed by atoms with Crippen molar-refractivity contribution in [3.63, 3.8) is 0 Å². The fourth-order valence-electron chi connectivity index (χ4n) is 4.60. The van der Waals surface area contributed by atoms with Crippen molar-refractivity contribution < 1.29 is 9.53 Å². The van der Waals surface area contributed by atoms with Gasteiger partial charge in [-0.15, -0.1) is 9.24 Å². The fraction of sp³-hybridized carbons (Fsp3) is 0.346. The highest BCUT2D eigenvalue weighted by Crippen LogP contribution is 2.32. The third kappa shape index (κ3) is 4.66. The molecule has 1 saturated heterocycles. The molecule has 5 rings (SSSR count). The molecule has 1 amide bonds. The second kappa shape index (κ2) is 9.59. The molecular weight excluding hydrogens is 490 g/mol. The summed E-state index contributed by atoms with van der Waals surface area (Å²) in [6.07, 6.45) is 7.60. The number of carbonyl (C=O) groups is 1. The molecule has 8 nitrogen and oxygen atoms in total. The van der Waals surface area contributed by atoms with Gasteiger partial charge in [0.15, 0.2) is 11.3 Å². The lowest BCUT2D eigenvalue weighted by Gasteiger charge is -2.29. The number of anilines is 2. The number of fused-ring (bicyclic) bond motifs is 1. The molecule has 1 N–H and O–H groups in total. The lowest BCUT2D eigenvalue weighted by atomic mass is 10.0. The summed E-state index contributed by atoms with van der Waals surface area (Å²) < 4.78 is 9.61. The number of imidazole rings is 2. The second-order valence-corrected chi connectivity index (χ2v) is 11.3. The highest BCUT2D eigenvalue weighted by atomic mass is 31.0. The maximum absolute atomic E-state index is 13.2. The molecule has 2 unspecified atom stereocenters. The predicted octanol–water partition coefficient (Wildman–Crippen LogP) is 3.35. The summed E-state index contributed by atoms with van der Waals surface area (Å²) in [6, 6.07) is 6.31. The van der Waals surface area contributed by atoms with Gasteiger partial charge in [0.1, 0.15) is 0 Å². The van der Waals surface area contributed by atoms with Gasteiger partial charge in [0.2, 0.25) is 0 Å². The molecule has 188 valence electrons. The van der Waals surface area contributed by atoms with Gasteiger partial charge in [0.25, 0.3) is 5.91 Å². The quantitative estimate of drug-likeness (QED) is 0.416. The number of nitrogens with one attached hydrogen (secondary N) is 1. The Hall–Kier alpha value is -2.79. The summed E-state index contributed by atoms with van der Waals surface area (Å²) in [5.41, 5.74) is 6.97. The zero-order chi connectivity index (χ0) is 25.6. The maximum atomic E-state index is 13.2. The molecule has 3 aromatic heterocycles. The Bertz CT molecular complexity index is 1450. The fourth-order valence-corrected chi connectivity index (χ4v) is 5.66. The van der Waals surface area contributed by atoms with Crippen molar-refractivity contribution in [1.29, 1.82) is 0 Å². The van der Waals surface area contributed by atoms with Crippen LogP contribution in [0.2, 0.25) is 0 Å². The Labute approximate surface area is 215 Å². The molecule has 2 atom stereocenters. The molecule has 0 radical (unpaired) electrons. The minimum atomic E-state index is -0.236. The van der Waals surface area contributed by atoms with E-state index in [1.54, 1.807) is 6.33 Å². The van der Waals surface area contributed by atoms with Gasteiger partial charge in [-0.3, -0.25) is 4.79 Å². The molecule has 36 heavy (non-hydrogen) atoms. The van der Waals surface area contributed by atoms with Crippen LogP contribution in [0.15, 0.2) is 43.1 Å². The molecule has 1 fully saturated rings. The topological polar surface area (TPSA) is 76.7 Å². The number of hydrogen-bond acceptors (Lipinski definition) is 5. The first-order valence-corrected chi connectivity index (χ1v) is 13.1. The first-order chi connectivity index (χ1) is 17.1. The number of hydrogen-bond donors (Lipinski definition) is 1. The van der Waals surface area contributed by atoms with Crippen LogP contribution >= 0.6 is 18.5 Å². The lowest BCUT2D eigenvalue weighted by molar-refractivity contribution is 0.102. The van der Waals surface area contributed by atoms with Crippen molar-refractivity contribution in [2.45, 2.75) is 33.2 Å². The summed E-state index contributed by atoms with van der Waals surface area (Å²) in [5, 5.41) is 4.00. The molecule has 4 aromatic rings. The van der Waals surface area contributed by atoms with Gasteiger partial charge in [0, 0.05) is 48.5 Å². The number of benzene rings is 1. The number of nitrogens with zero attached hydrogens (tertiary/aromatic N) is 5. The molecule has 1 aliphatic heterocycles. The van der Waals surface area contributed by atoms with E-state index in [0.717, 1.165) is 57.5 Å². The van der Waals surface area contributed by atoms with E-state index < -0.39 is 0 Å². The van der Waals surface area contributed by atoms with Crippen LogP contribution in [-0.4, -0.2) is 51.1 Å². The molecule has 0 bridgehead atoms. The van der Waals surface area contributed by atoms with Crippen molar-refractivity contribution in [1.82, 2.24) is 18.9 Å². The van der Waals surface area contributed by atoms with Crippen molar-refractivity contribution >= 4 is 52.1 Å². The van der Waals surface area contributed by atoms with Crippen LogP contribution in [0.3, 0.4) is 0 Å². The van der Waals surface area contributed by atoms with Crippen LogP contribution < -0.4 is 21.0 Å². The summed E-state index contributed by atoms with van der Waals surface area (Å²) in [5.74, 6) is -0.236. The van der Waals surface area contributed by atoms with Crippen LogP contribution in [0.1, 0.15) is 36.8 Å². The average molecular weight is 523 g/mol. The molecule has 0 spiro atoms. The molecule has 1 aromatic carbocycles.